The van der Waals surface area contributed by atoms with Crippen molar-refractivity contribution in [3.8, 4) is 0 Å². The van der Waals surface area contributed by atoms with Crippen LogP contribution in [0.2, 0.25) is 0 Å². The Morgan fingerprint density at radius 1 is 0.950 bits per heavy atom. The highest BCUT2D eigenvalue weighted by Gasteiger charge is 2.34. The molecule has 0 spiro atoms. The number of sulfonamides is 1. The summed E-state index contributed by atoms with van der Waals surface area (Å²) in [7, 11) is -4.11. The van der Waals surface area contributed by atoms with Gasteiger partial charge in [0.05, 0.1) is 10.6 Å². The van der Waals surface area contributed by atoms with E-state index >= 15 is 0 Å². The van der Waals surface area contributed by atoms with E-state index in [1.54, 1.807) is 54.6 Å². The lowest BCUT2D eigenvalue weighted by atomic mass is 10.1. The summed E-state index contributed by atoms with van der Waals surface area (Å²) < 4.78 is 42.3. The van der Waals surface area contributed by atoms with Gasteiger partial charge in [-0.2, -0.15) is 0 Å². The van der Waals surface area contributed by atoms with Crippen molar-refractivity contribution in [2.24, 2.45) is 0 Å². The van der Waals surface area contributed by atoms with Gasteiger partial charge in [-0.05, 0) is 68.1 Å². The molecule has 4 rings (SSSR count). The molecule has 0 aromatic heterocycles. The van der Waals surface area contributed by atoms with E-state index < -0.39 is 34.3 Å². The molecule has 1 N–H and O–H groups in total. The molecular weight excluding hydrogens is 529 g/mol. The van der Waals surface area contributed by atoms with Gasteiger partial charge in [0, 0.05) is 12.6 Å². The molecule has 0 aliphatic heterocycles. The molecule has 1 aliphatic carbocycles. The first-order chi connectivity index (χ1) is 19.2. The zero-order chi connectivity index (χ0) is 28.7. The van der Waals surface area contributed by atoms with E-state index in [-0.39, 0.29) is 23.4 Å². The minimum atomic E-state index is -4.11. The predicted octanol–water partition coefficient (Wildman–Crippen LogP) is 5.20. The molecule has 0 radical (unpaired) electrons. The maximum Gasteiger partial charge on any atom is 0.264 e. The van der Waals surface area contributed by atoms with E-state index in [4.69, 9.17) is 0 Å². The third-order valence-corrected chi connectivity index (χ3v) is 9.07. The number of nitrogens with one attached hydrogen (secondary N) is 1. The average molecular weight is 566 g/mol. The number of carbonyl (C=O) groups excluding carboxylic acids is 2. The molecule has 40 heavy (non-hydrogen) atoms. The fourth-order valence-electron chi connectivity index (χ4n) is 5.03. The fourth-order valence-corrected chi connectivity index (χ4v) is 6.47. The van der Waals surface area contributed by atoms with Crippen LogP contribution in [0, 0.1) is 12.7 Å². The van der Waals surface area contributed by atoms with Crippen LogP contribution < -0.4 is 9.62 Å². The van der Waals surface area contributed by atoms with E-state index in [1.165, 1.54) is 29.2 Å². The maximum atomic E-state index is 14.1. The normalized spacial score (nSPS) is 14.5. The van der Waals surface area contributed by atoms with Gasteiger partial charge in [-0.15, -0.1) is 0 Å². The highest BCUT2D eigenvalue weighted by atomic mass is 32.2. The minimum absolute atomic E-state index is 0.0306. The molecule has 9 heteroatoms. The van der Waals surface area contributed by atoms with Gasteiger partial charge in [-0.3, -0.25) is 13.9 Å². The summed E-state index contributed by atoms with van der Waals surface area (Å²) in [5, 5.41) is 3.08. The largest absolute Gasteiger partial charge is 0.352 e. The van der Waals surface area contributed by atoms with Crippen LogP contribution in [0.15, 0.2) is 83.8 Å². The second-order valence-corrected chi connectivity index (χ2v) is 12.1. The lowest BCUT2D eigenvalue weighted by Crippen LogP contribution is -2.53. The number of aryl methyl sites for hydroxylation is 1. The number of amides is 2. The summed E-state index contributed by atoms with van der Waals surface area (Å²) in [5.41, 5.74) is 1.92. The number of anilines is 1. The summed E-state index contributed by atoms with van der Waals surface area (Å²) in [5.74, 6) is -1.21. The topological polar surface area (TPSA) is 86.8 Å². The van der Waals surface area contributed by atoms with Gasteiger partial charge in [0.1, 0.15) is 18.4 Å². The molecule has 0 unspecified atom stereocenters. The Hall–Kier alpha value is -3.72. The second kappa shape index (κ2) is 13.1. The number of rotatable bonds is 11. The van der Waals surface area contributed by atoms with Crippen molar-refractivity contribution in [2.45, 2.75) is 69.5 Å². The monoisotopic (exact) mass is 565 g/mol. The van der Waals surface area contributed by atoms with Gasteiger partial charge in [0.2, 0.25) is 11.8 Å². The van der Waals surface area contributed by atoms with E-state index in [2.05, 4.69) is 5.32 Å². The molecule has 0 heterocycles. The van der Waals surface area contributed by atoms with Crippen molar-refractivity contribution < 1.29 is 22.4 Å². The number of carbonyl (C=O) groups is 2. The van der Waals surface area contributed by atoms with Crippen molar-refractivity contribution in [1.82, 2.24) is 10.2 Å². The molecule has 0 bridgehead atoms. The Labute approximate surface area is 236 Å². The summed E-state index contributed by atoms with van der Waals surface area (Å²) in [4.78, 5) is 29.0. The molecule has 1 fully saturated rings. The van der Waals surface area contributed by atoms with Crippen LogP contribution in [0.4, 0.5) is 10.1 Å². The first-order valence-corrected chi connectivity index (χ1v) is 15.1. The lowest BCUT2D eigenvalue weighted by Gasteiger charge is -2.33. The van der Waals surface area contributed by atoms with E-state index in [0.29, 0.717) is 17.7 Å². The molecule has 1 atom stereocenters. The number of nitrogens with zero attached hydrogens (tertiary/aromatic N) is 2. The Bertz CT molecular complexity index is 1390. The quantitative estimate of drug-likeness (QED) is 0.347. The van der Waals surface area contributed by atoms with Crippen molar-refractivity contribution >= 4 is 27.5 Å². The fraction of sp³-hybridized carbons (Fsp3) is 0.355. The van der Waals surface area contributed by atoms with Crippen LogP contribution in [0.25, 0.3) is 0 Å². The van der Waals surface area contributed by atoms with Crippen LogP contribution in [-0.2, 0) is 26.2 Å². The van der Waals surface area contributed by atoms with Crippen molar-refractivity contribution in [2.75, 3.05) is 10.8 Å². The van der Waals surface area contributed by atoms with Crippen molar-refractivity contribution in [1.29, 1.82) is 0 Å². The van der Waals surface area contributed by atoms with Gasteiger partial charge in [0.25, 0.3) is 10.0 Å². The standard InChI is InChI=1S/C31H36FN3O4S/c1-3-29(31(37)33-26-9-7-8-10-26)34(21-24-15-17-25(32)18-16-24)30(36)22-35(27-19-13-23(2)14-20-27)40(38,39)28-11-5-4-6-12-28/h4-6,11-20,26,29H,3,7-10,21-22H2,1-2H3,(H,33,37)/t29-/m0/s1. The molecule has 1 saturated carbocycles. The number of halogens is 1. The van der Waals surface area contributed by atoms with Gasteiger partial charge in [-0.25, -0.2) is 12.8 Å². The van der Waals surface area contributed by atoms with E-state index in [0.717, 1.165) is 35.6 Å². The Kier molecular flexibility index (Phi) is 9.58. The first kappa shape index (κ1) is 29.3. The molecule has 2 amide bonds. The third kappa shape index (κ3) is 7.07. The van der Waals surface area contributed by atoms with Crippen LogP contribution in [0.3, 0.4) is 0 Å². The van der Waals surface area contributed by atoms with Gasteiger partial charge in [0.15, 0.2) is 0 Å². The Morgan fingerprint density at radius 3 is 2.17 bits per heavy atom. The first-order valence-electron chi connectivity index (χ1n) is 13.7. The minimum Gasteiger partial charge on any atom is -0.352 e. The number of hydrogen-bond acceptors (Lipinski definition) is 4. The summed E-state index contributed by atoms with van der Waals surface area (Å²) in [6.45, 7) is 3.24. The third-order valence-electron chi connectivity index (χ3n) is 7.29. The lowest BCUT2D eigenvalue weighted by molar-refractivity contribution is -0.140. The molecule has 212 valence electrons. The van der Waals surface area contributed by atoms with Crippen LogP contribution in [-0.4, -0.2) is 43.8 Å². The van der Waals surface area contributed by atoms with Crippen LogP contribution in [0.1, 0.15) is 50.2 Å². The zero-order valence-electron chi connectivity index (χ0n) is 22.9. The van der Waals surface area contributed by atoms with Gasteiger partial charge < -0.3 is 10.2 Å². The SMILES string of the molecule is CC[C@@H](C(=O)NC1CCCC1)N(Cc1ccc(F)cc1)C(=O)CN(c1ccc(C)cc1)S(=O)(=O)c1ccccc1. The molecule has 7 nitrogen and oxygen atoms in total. The number of benzene rings is 3. The summed E-state index contributed by atoms with van der Waals surface area (Å²) in [6.07, 6.45) is 4.21. The number of hydrogen-bond donors (Lipinski definition) is 1. The molecule has 0 saturated heterocycles. The second-order valence-electron chi connectivity index (χ2n) is 10.2. The van der Waals surface area contributed by atoms with E-state index in [1.807, 2.05) is 13.8 Å². The zero-order valence-corrected chi connectivity index (χ0v) is 23.7. The predicted molar refractivity (Wildman–Crippen MR) is 154 cm³/mol. The highest BCUT2D eigenvalue weighted by molar-refractivity contribution is 7.92. The molecule has 1 aliphatic rings. The van der Waals surface area contributed by atoms with E-state index in [9.17, 15) is 22.4 Å². The summed E-state index contributed by atoms with van der Waals surface area (Å²) in [6, 6.07) is 19.8. The van der Waals surface area contributed by atoms with Crippen LogP contribution in [0.5, 0.6) is 0 Å². The van der Waals surface area contributed by atoms with Crippen molar-refractivity contribution in [3.63, 3.8) is 0 Å². The highest BCUT2D eigenvalue weighted by Crippen LogP contribution is 2.25. The van der Waals surface area contributed by atoms with Crippen molar-refractivity contribution in [3.05, 3.63) is 95.8 Å². The average Bonchev–Trinajstić information content (AvgIpc) is 3.46. The maximum absolute atomic E-state index is 14.1. The van der Waals surface area contributed by atoms with Gasteiger partial charge in [-0.1, -0.05) is 67.8 Å². The van der Waals surface area contributed by atoms with Gasteiger partial charge >= 0.3 is 0 Å². The smallest absolute Gasteiger partial charge is 0.264 e. The Balaban J connectivity index is 1.69. The molecular formula is C31H36FN3O4S. The molecule has 3 aromatic carbocycles. The Morgan fingerprint density at radius 2 is 1.57 bits per heavy atom. The summed E-state index contributed by atoms with van der Waals surface area (Å²) >= 11 is 0. The molecule has 3 aromatic rings. The van der Waals surface area contributed by atoms with Crippen LogP contribution >= 0.6 is 0 Å².